The van der Waals surface area contributed by atoms with Crippen molar-refractivity contribution in [3.05, 3.63) is 109 Å². The molecular formula is C28H23N7O. The van der Waals surface area contributed by atoms with Crippen LogP contribution in [0.3, 0.4) is 0 Å². The summed E-state index contributed by atoms with van der Waals surface area (Å²) in [5, 5.41) is 10.3. The van der Waals surface area contributed by atoms with Crippen molar-refractivity contribution in [1.29, 1.82) is 0 Å². The molecule has 0 unspecified atom stereocenters. The molecule has 4 aromatic heterocycles. The van der Waals surface area contributed by atoms with Crippen molar-refractivity contribution in [2.45, 2.75) is 13.5 Å². The van der Waals surface area contributed by atoms with Crippen LogP contribution in [0.2, 0.25) is 0 Å². The van der Waals surface area contributed by atoms with Crippen LogP contribution in [0, 0.1) is 6.92 Å². The molecule has 0 atom stereocenters. The summed E-state index contributed by atoms with van der Waals surface area (Å²) < 4.78 is 8.01. The monoisotopic (exact) mass is 473 g/mol. The normalized spacial score (nSPS) is 11.0. The number of ether oxygens (including phenoxy) is 1. The largest absolute Gasteiger partial charge is 0.489 e. The maximum absolute atomic E-state index is 5.97. The third-order valence-corrected chi connectivity index (χ3v) is 5.75. The molecule has 0 aliphatic rings. The summed E-state index contributed by atoms with van der Waals surface area (Å²) in [5.74, 6) is 1.92. The van der Waals surface area contributed by atoms with Crippen LogP contribution in [0.1, 0.15) is 11.3 Å². The van der Waals surface area contributed by atoms with E-state index in [4.69, 9.17) is 14.7 Å². The van der Waals surface area contributed by atoms with Gasteiger partial charge in [0.1, 0.15) is 18.0 Å². The maximum Gasteiger partial charge on any atom is 0.228 e. The summed E-state index contributed by atoms with van der Waals surface area (Å²) >= 11 is 0. The van der Waals surface area contributed by atoms with E-state index in [-0.39, 0.29) is 0 Å². The predicted molar refractivity (Wildman–Crippen MR) is 139 cm³/mol. The van der Waals surface area contributed by atoms with Crippen LogP contribution in [-0.2, 0) is 6.61 Å². The van der Waals surface area contributed by atoms with E-state index < -0.39 is 0 Å². The Labute approximate surface area is 207 Å². The lowest BCUT2D eigenvalue weighted by Gasteiger charge is -2.09. The van der Waals surface area contributed by atoms with E-state index in [1.165, 1.54) is 0 Å². The topological polar surface area (TPSA) is 93.0 Å². The van der Waals surface area contributed by atoms with Crippen molar-refractivity contribution >= 4 is 17.4 Å². The SMILES string of the molecule is Cc1cc(Nc2nccc(-c3c(-c4ccc(OCc5ccccc5)cc4)nc4ccccn34)n2)n[nH]1. The molecule has 4 heterocycles. The molecule has 0 amide bonds. The Kier molecular flexibility index (Phi) is 5.59. The quantitative estimate of drug-likeness (QED) is 0.304. The fourth-order valence-electron chi connectivity index (χ4n) is 4.04. The molecule has 0 aliphatic carbocycles. The number of H-pyrrole nitrogens is 1. The second kappa shape index (κ2) is 9.34. The summed E-state index contributed by atoms with van der Waals surface area (Å²) in [6.45, 7) is 2.46. The summed E-state index contributed by atoms with van der Waals surface area (Å²) in [6.07, 6.45) is 3.72. The highest BCUT2D eigenvalue weighted by Crippen LogP contribution is 2.33. The molecule has 0 fully saturated rings. The molecule has 8 heteroatoms. The Hall–Kier alpha value is -4.98. The lowest BCUT2D eigenvalue weighted by Crippen LogP contribution is -2.00. The zero-order valence-electron chi connectivity index (χ0n) is 19.6. The van der Waals surface area contributed by atoms with E-state index in [1.54, 1.807) is 6.20 Å². The Bertz CT molecular complexity index is 1620. The summed E-state index contributed by atoms with van der Waals surface area (Å²) in [5.41, 5.74) is 6.34. The molecule has 0 saturated heterocycles. The minimum atomic E-state index is 0.459. The number of rotatable bonds is 7. The van der Waals surface area contributed by atoms with Crippen molar-refractivity contribution in [2.24, 2.45) is 0 Å². The molecule has 6 rings (SSSR count). The zero-order valence-corrected chi connectivity index (χ0v) is 19.6. The number of anilines is 2. The lowest BCUT2D eigenvalue weighted by atomic mass is 10.1. The number of aryl methyl sites for hydroxylation is 1. The third kappa shape index (κ3) is 4.39. The highest BCUT2D eigenvalue weighted by Gasteiger charge is 2.18. The first-order valence-corrected chi connectivity index (χ1v) is 11.6. The molecule has 0 bridgehead atoms. The summed E-state index contributed by atoms with van der Waals surface area (Å²) in [6, 6.07) is 27.8. The van der Waals surface area contributed by atoms with Gasteiger partial charge < -0.3 is 10.1 Å². The molecule has 0 spiro atoms. The number of fused-ring (bicyclic) bond motifs is 1. The van der Waals surface area contributed by atoms with Gasteiger partial charge in [0, 0.05) is 29.7 Å². The molecule has 0 saturated carbocycles. The van der Waals surface area contributed by atoms with E-state index in [0.717, 1.165) is 45.3 Å². The highest BCUT2D eigenvalue weighted by molar-refractivity contribution is 5.81. The molecule has 2 N–H and O–H groups in total. The molecule has 2 aromatic carbocycles. The van der Waals surface area contributed by atoms with E-state index in [0.29, 0.717) is 18.4 Å². The average Bonchev–Trinajstić information content (AvgIpc) is 3.51. The number of aromatic amines is 1. The highest BCUT2D eigenvalue weighted by atomic mass is 16.5. The van der Waals surface area contributed by atoms with Crippen LogP contribution in [0.4, 0.5) is 11.8 Å². The van der Waals surface area contributed by atoms with E-state index in [2.05, 4.69) is 32.6 Å². The fourth-order valence-corrected chi connectivity index (χ4v) is 4.04. The zero-order chi connectivity index (χ0) is 24.3. The fraction of sp³-hybridized carbons (Fsp3) is 0.0714. The van der Waals surface area contributed by atoms with Crippen molar-refractivity contribution in [1.82, 2.24) is 29.5 Å². The van der Waals surface area contributed by atoms with Crippen LogP contribution in [0.5, 0.6) is 5.75 Å². The molecular weight excluding hydrogens is 450 g/mol. The summed E-state index contributed by atoms with van der Waals surface area (Å²) in [4.78, 5) is 14.1. The maximum atomic E-state index is 5.97. The van der Waals surface area contributed by atoms with Gasteiger partial charge in [-0.15, -0.1) is 0 Å². The Morgan fingerprint density at radius 3 is 2.56 bits per heavy atom. The van der Waals surface area contributed by atoms with Crippen molar-refractivity contribution < 1.29 is 4.74 Å². The van der Waals surface area contributed by atoms with Gasteiger partial charge in [0.15, 0.2) is 5.82 Å². The first-order chi connectivity index (χ1) is 17.7. The smallest absolute Gasteiger partial charge is 0.228 e. The molecule has 176 valence electrons. The van der Waals surface area contributed by atoms with Gasteiger partial charge in [-0.1, -0.05) is 36.4 Å². The molecule has 36 heavy (non-hydrogen) atoms. The first-order valence-electron chi connectivity index (χ1n) is 11.6. The van der Waals surface area contributed by atoms with E-state index in [9.17, 15) is 0 Å². The van der Waals surface area contributed by atoms with Gasteiger partial charge in [-0.3, -0.25) is 9.50 Å². The predicted octanol–water partition coefficient (Wildman–Crippen LogP) is 5.81. The average molecular weight is 474 g/mol. The number of pyridine rings is 1. The lowest BCUT2D eigenvalue weighted by molar-refractivity contribution is 0.306. The Morgan fingerprint density at radius 1 is 0.917 bits per heavy atom. The van der Waals surface area contributed by atoms with Crippen molar-refractivity contribution in [3.8, 4) is 28.4 Å². The standard InChI is InChI=1S/C28H23N7O/c1-19-17-24(34-33-19)31-28-29-15-14-23(30-28)27-26(32-25-9-5-6-16-35(25)27)21-10-12-22(13-11-21)36-18-20-7-3-2-4-8-20/h2-17H,18H2,1H3,(H2,29,30,31,33,34). The van der Waals surface area contributed by atoms with Crippen LogP contribution < -0.4 is 10.1 Å². The molecule has 0 radical (unpaired) electrons. The number of benzene rings is 2. The van der Waals surface area contributed by atoms with Gasteiger partial charge in [-0.25, -0.2) is 15.0 Å². The van der Waals surface area contributed by atoms with Crippen LogP contribution in [-0.4, -0.2) is 29.5 Å². The third-order valence-electron chi connectivity index (χ3n) is 5.75. The van der Waals surface area contributed by atoms with Crippen LogP contribution >= 0.6 is 0 Å². The minimum Gasteiger partial charge on any atom is -0.489 e. The van der Waals surface area contributed by atoms with Gasteiger partial charge in [-0.05, 0) is 55.0 Å². The molecule has 8 nitrogen and oxygen atoms in total. The number of imidazole rings is 1. The van der Waals surface area contributed by atoms with Crippen molar-refractivity contribution in [3.63, 3.8) is 0 Å². The second-order valence-electron chi connectivity index (χ2n) is 8.36. The van der Waals surface area contributed by atoms with E-state index >= 15 is 0 Å². The van der Waals surface area contributed by atoms with E-state index in [1.807, 2.05) is 90.3 Å². The number of nitrogens with one attached hydrogen (secondary N) is 2. The van der Waals surface area contributed by atoms with Crippen molar-refractivity contribution in [2.75, 3.05) is 5.32 Å². The second-order valence-corrected chi connectivity index (χ2v) is 8.36. The summed E-state index contributed by atoms with van der Waals surface area (Å²) in [7, 11) is 0. The molecule has 6 aromatic rings. The Morgan fingerprint density at radius 2 is 1.75 bits per heavy atom. The first kappa shape index (κ1) is 21.5. The van der Waals surface area contributed by atoms with Gasteiger partial charge in [-0.2, -0.15) is 5.10 Å². The molecule has 0 aliphatic heterocycles. The van der Waals surface area contributed by atoms with Gasteiger partial charge in [0.25, 0.3) is 0 Å². The van der Waals surface area contributed by atoms with Crippen LogP contribution in [0.25, 0.3) is 28.3 Å². The van der Waals surface area contributed by atoms with Gasteiger partial charge in [0.05, 0.1) is 17.1 Å². The Balaban J connectivity index is 1.34. The van der Waals surface area contributed by atoms with Gasteiger partial charge in [0.2, 0.25) is 5.95 Å². The number of aromatic nitrogens is 6. The number of nitrogens with zero attached hydrogens (tertiary/aromatic N) is 5. The minimum absolute atomic E-state index is 0.459. The van der Waals surface area contributed by atoms with Crippen LogP contribution in [0.15, 0.2) is 97.3 Å². The van der Waals surface area contributed by atoms with Gasteiger partial charge >= 0.3 is 0 Å². The number of hydrogen-bond acceptors (Lipinski definition) is 6. The number of hydrogen-bond donors (Lipinski definition) is 2.